The van der Waals surface area contributed by atoms with Gasteiger partial charge in [0.2, 0.25) is 0 Å². The second-order valence-electron chi connectivity index (χ2n) is 7.33. The number of rotatable bonds is 8. The lowest BCUT2D eigenvalue weighted by molar-refractivity contribution is -0.133. The Bertz CT molecular complexity index is 655. The van der Waals surface area contributed by atoms with Crippen LogP contribution in [0.25, 0.3) is 0 Å². The molecule has 2 amide bonds. The zero-order chi connectivity index (χ0) is 19.9. The zero-order valence-electron chi connectivity index (χ0n) is 16.3. The van der Waals surface area contributed by atoms with Crippen LogP contribution < -0.4 is 5.32 Å². The van der Waals surface area contributed by atoms with Crippen molar-refractivity contribution in [1.29, 1.82) is 0 Å². The van der Waals surface area contributed by atoms with Gasteiger partial charge in [-0.25, -0.2) is 9.78 Å². The van der Waals surface area contributed by atoms with Crippen LogP contribution in [0.1, 0.15) is 58.3 Å². The summed E-state index contributed by atoms with van der Waals surface area (Å²) in [5.41, 5.74) is 0. The summed E-state index contributed by atoms with van der Waals surface area (Å²) < 4.78 is 6.56. The molecule has 2 saturated carbocycles. The van der Waals surface area contributed by atoms with Gasteiger partial charge in [-0.15, -0.1) is 11.8 Å². The molecule has 2 aliphatic carbocycles. The highest BCUT2D eigenvalue weighted by Crippen LogP contribution is 2.33. The van der Waals surface area contributed by atoms with E-state index in [-0.39, 0.29) is 17.8 Å². The highest BCUT2D eigenvalue weighted by atomic mass is 32.2. The molecule has 2 N–H and O–H groups in total. The summed E-state index contributed by atoms with van der Waals surface area (Å²) in [6.07, 6.45) is 10.4. The molecule has 9 heteroatoms. The molecule has 3 rings (SSSR count). The first kappa shape index (κ1) is 21.4. The Labute approximate surface area is 174 Å². The maximum absolute atomic E-state index is 13.1. The molecule has 28 heavy (non-hydrogen) atoms. The molecule has 156 valence electrons. The Morgan fingerprint density at radius 3 is 2.57 bits per heavy atom. The Hall–Kier alpha value is -1.32. The molecule has 0 bridgehead atoms. The number of carbonyl (C=O) groups excluding carboxylic acids is 1. The maximum Gasteiger partial charge on any atom is 0.324 e. The van der Waals surface area contributed by atoms with Crippen LogP contribution >= 0.6 is 23.1 Å². The largest absolute Gasteiger partial charge is 0.481 e. The summed E-state index contributed by atoms with van der Waals surface area (Å²) in [5, 5.41) is 12.3. The second-order valence-corrected chi connectivity index (χ2v) is 9.63. The van der Waals surface area contributed by atoms with Crippen molar-refractivity contribution in [2.45, 2.75) is 80.7 Å². The van der Waals surface area contributed by atoms with Gasteiger partial charge in [-0.3, -0.25) is 10.1 Å². The van der Waals surface area contributed by atoms with Crippen LogP contribution in [0.3, 0.4) is 0 Å². The highest BCUT2D eigenvalue weighted by Gasteiger charge is 2.35. The number of urea groups is 1. The van der Waals surface area contributed by atoms with E-state index in [1.165, 1.54) is 35.9 Å². The van der Waals surface area contributed by atoms with Gasteiger partial charge in [0.1, 0.15) is 0 Å². The lowest BCUT2D eigenvalue weighted by Crippen LogP contribution is -2.50. The number of thioether (sulfide) groups is 1. The minimum atomic E-state index is -0.862. The van der Waals surface area contributed by atoms with Crippen LogP contribution in [0.15, 0.2) is 10.4 Å². The quantitative estimate of drug-likeness (QED) is 0.596. The summed E-state index contributed by atoms with van der Waals surface area (Å²) in [4.78, 5) is 30.2. The molecular weight excluding hydrogens is 398 g/mol. The molecule has 0 aliphatic heterocycles. The fraction of sp³-hybridized carbons (Fsp3) is 0.737. The number of ether oxygens (including phenoxy) is 1. The van der Waals surface area contributed by atoms with E-state index in [2.05, 4.69) is 15.2 Å². The van der Waals surface area contributed by atoms with Crippen LogP contribution in [0.5, 0.6) is 0 Å². The Balaban J connectivity index is 1.62. The summed E-state index contributed by atoms with van der Waals surface area (Å²) in [7, 11) is 0. The lowest BCUT2D eigenvalue weighted by Gasteiger charge is -2.40. The van der Waals surface area contributed by atoms with Crippen molar-refractivity contribution >= 4 is 40.2 Å². The minimum Gasteiger partial charge on any atom is -0.481 e. The molecule has 0 radical (unpaired) electrons. The monoisotopic (exact) mass is 427 g/mol. The van der Waals surface area contributed by atoms with E-state index < -0.39 is 5.97 Å². The van der Waals surface area contributed by atoms with Crippen molar-refractivity contribution in [2.24, 2.45) is 0 Å². The zero-order valence-corrected chi connectivity index (χ0v) is 17.9. The van der Waals surface area contributed by atoms with E-state index >= 15 is 0 Å². The molecule has 2 aliphatic rings. The van der Waals surface area contributed by atoms with Gasteiger partial charge in [-0.05, 0) is 45.4 Å². The fourth-order valence-electron chi connectivity index (χ4n) is 4.21. The van der Waals surface area contributed by atoms with E-state index in [1.54, 1.807) is 6.20 Å². The lowest BCUT2D eigenvalue weighted by atomic mass is 9.91. The first-order valence-electron chi connectivity index (χ1n) is 10.1. The molecule has 7 nitrogen and oxygen atoms in total. The van der Waals surface area contributed by atoms with E-state index in [1.807, 2.05) is 6.92 Å². The third-order valence-corrected chi connectivity index (χ3v) is 7.52. The SMILES string of the molecule is CCOC1CCC(N(C(=O)Nc2ncc(SCC(=O)O)s2)C2CCCC2)CC1. The smallest absolute Gasteiger partial charge is 0.324 e. The molecule has 0 spiro atoms. The maximum atomic E-state index is 13.1. The number of hydrogen-bond acceptors (Lipinski definition) is 6. The molecule has 1 aromatic heterocycles. The predicted molar refractivity (Wildman–Crippen MR) is 111 cm³/mol. The molecule has 0 unspecified atom stereocenters. The summed E-state index contributed by atoms with van der Waals surface area (Å²) >= 11 is 2.55. The number of carboxylic acids is 1. The van der Waals surface area contributed by atoms with Crippen LogP contribution in [-0.2, 0) is 9.53 Å². The van der Waals surface area contributed by atoms with Crippen molar-refractivity contribution in [3.63, 3.8) is 0 Å². The standard InChI is InChI=1S/C19H29N3O4S2/c1-2-26-15-9-7-14(8-10-15)22(13-5-3-4-6-13)19(25)21-18-20-11-17(28-18)27-12-16(23)24/h11,13-15H,2-10,12H2,1H3,(H,23,24)(H,20,21,25). The van der Waals surface area contributed by atoms with Crippen LogP contribution in [-0.4, -0.2) is 57.5 Å². The number of amides is 2. The van der Waals surface area contributed by atoms with Gasteiger partial charge in [-0.1, -0.05) is 24.2 Å². The van der Waals surface area contributed by atoms with Gasteiger partial charge in [0, 0.05) is 18.7 Å². The summed E-state index contributed by atoms with van der Waals surface area (Å²) in [6.45, 7) is 2.77. The van der Waals surface area contributed by atoms with E-state index in [4.69, 9.17) is 9.84 Å². The Morgan fingerprint density at radius 1 is 1.25 bits per heavy atom. The molecule has 0 saturated heterocycles. The average molecular weight is 428 g/mol. The van der Waals surface area contributed by atoms with Crippen molar-refractivity contribution in [1.82, 2.24) is 9.88 Å². The molecule has 0 atom stereocenters. The number of carbonyl (C=O) groups is 2. The molecule has 2 fully saturated rings. The van der Waals surface area contributed by atoms with Gasteiger partial charge in [0.05, 0.1) is 22.3 Å². The fourth-order valence-corrected chi connectivity index (χ4v) is 5.79. The van der Waals surface area contributed by atoms with Crippen LogP contribution in [0.2, 0.25) is 0 Å². The Morgan fingerprint density at radius 2 is 1.93 bits per heavy atom. The number of aliphatic carboxylic acids is 1. The minimum absolute atomic E-state index is 0.00709. The molecule has 1 heterocycles. The van der Waals surface area contributed by atoms with Crippen molar-refractivity contribution < 1.29 is 19.4 Å². The number of anilines is 1. The third-order valence-electron chi connectivity index (χ3n) is 5.43. The number of carboxylic acid groups (broad SMARTS) is 1. The van der Waals surface area contributed by atoms with E-state index in [0.29, 0.717) is 17.3 Å². The van der Waals surface area contributed by atoms with Gasteiger partial charge in [-0.2, -0.15) is 0 Å². The predicted octanol–water partition coefficient (Wildman–Crippen LogP) is 4.44. The average Bonchev–Trinajstić information content (AvgIpc) is 3.34. The Kier molecular flexibility index (Phi) is 7.99. The van der Waals surface area contributed by atoms with Gasteiger partial charge >= 0.3 is 12.0 Å². The topological polar surface area (TPSA) is 91.8 Å². The molecule has 0 aromatic carbocycles. The van der Waals surface area contributed by atoms with Gasteiger partial charge < -0.3 is 14.7 Å². The van der Waals surface area contributed by atoms with Crippen molar-refractivity contribution in [2.75, 3.05) is 17.7 Å². The number of nitrogens with zero attached hydrogens (tertiary/aromatic N) is 2. The third kappa shape index (κ3) is 5.84. The van der Waals surface area contributed by atoms with E-state index in [9.17, 15) is 9.59 Å². The first-order valence-corrected chi connectivity index (χ1v) is 11.9. The van der Waals surface area contributed by atoms with Gasteiger partial charge in [0.25, 0.3) is 0 Å². The number of hydrogen-bond donors (Lipinski definition) is 2. The number of nitrogens with one attached hydrogen (secondary N) is 1. The van der Waals surface area contributed by atoms with Crippen LogP contribution in [0, 0.1) is 0 Å². The highest BCUT2D eigenvalue weighted by molar-refractivity contribution is 8.01. The summed E-state index contributed by atoms with van der Waals surface area (Å²) in [6, 6.07) is 0.478. The first-order chi connectivity index (χ1) is 13.6. The summed E-state index contributed by atoms with van der Waals surface area (Å²) in [5.74, 6) is -0.869. The van der Waals surface area contributed by atoms with Crippen molar-refractivity contribution in [3.8, 4) is 0 Å². The number of thiazole rings is 1. The van der Waals surface area contributed by atoms with Crippen LogP contribution in [0.4, 0.5) is 9.93 Å². The van der Waals surface area contributed by atoms with E-state index in [0.717, 1.165) is 49.3 Å². The van der Waals surface area contributed by atoms with Crippen molar-refractivity contribution in [3.05, 3.63) is 6.20 Å². The second kappa shape index (κ2) is 10.5. The van der Waals surface area contributed by atoms with Gasteiger partial charge in [0.15, 0.2) is 5.13 Å². The normalized spacial score (nSPS) is 22.9. The molecular formula is C19H29N3O4S2. The molecule has 1 aromatic rings. The number of aromatic nitrogens is 1.